The van der Waals surface area contributed by atoms with Crippen LogP contribution < -0.4 is 9.78 Å². The van der Waals surface area contributed by atoms with E-state index in [4.69, 9.17) is 0 Å². The number of carbonyl (C=O) groups is 3. The van der Waals surface area contributed by atoms with E-state index in [-0.39, 0.29) is 29.8 Å². The predicted octanol–water partition coefficient (Wildman–Crippen LogP) is 1.20. The van der Waals surface area contributed by atoms with Gasteiger partial charge < -0.3 is 0 Å². The van der Waals surface area contributed by atoms with Crippen molar-refractivity contribution >= 4 is 36.1 Å². The van der Waals surface area contributed by atoms with Gasteiger partial charge in [0.05, 0.1) is 0 Å². The van der Waals surface area contributed by atoms with Gasteiger partial charge in [0.1, 0.15) is 0 Å². The summed E-state index contributed by atoms with van der Waals surface area (Å²) in [6, 6.07) is 5.01. The Morgan fingerprint density at radius 2 is 1.87 bits per heavy atom. The summed E-state index contributed by atoms with van der Waals surface area (Å²) in [6.07, 6.45) is 0. The number of nitrogens with one attached hydrogen (secondary N) is 1. The van der Waals surface area contributed by atoms with E-state index in [1.165, 1.54) is 6.92 Å². The Morgan fingerprint density at radius 1 is 1.22 bits per heavy atom. The van der Waals surface area contributed by atoms with Gasteiger partial charge in [-0.05, 0) is 0 Å². The summed E-state index contributed by atoms with van der Waals surface area (Å²) in [5, 5.41) is 2.85. The van der Waals surface area contributed by atoms with E-state index in [0.717, 1.165) is 0 Å². The normalized spacial score (nSPS) is 17.1. The molecule has 1 atom stereocenters. The zero-order valence-electron chi connectivity index (χ0n) is 13.9. The first-order valence-electron chi connectivity index (χ1n) is 7.48. The molecular weight excluding hydrogens is 361 g/mol. The summed E-state index contributed by atoms with van der Waals surface area (Å²) in [6.45, 7) is 8.91. The van der Waals surface area contributed by atoms with E-state index in [0.29, 0.717) is 15.6 Å². The molecule has 0 bridgehead atoms. The first-order chi connectivity index (χ1) is 10.7. The van der Waals surface area contributed by atoms with Crippen molar-refractivity contribution in [3.63, 3.8) is 0 Å². The fourth-order valence-electron chi connectivity index (χ4n) is 2.36. The Hall–Kier alpha value is -1.85. The van der Waals surface area contributed by atoms with Gasteiger partial charge >= 0.3 is 140 Å². The van der Waals surface area contributed by atoms with Crippen LogP contribution in [0.2, 0.25) is 0 Å². The van der Waals surface area contributed by atoms with Crippen LogP contribution in [-0.2, 0) is 4.79 Å². The number of carbonyl (C=O) groups excluding carboxylic acids is 3. The second-order valence-corrected chi connectivity index (χ2v) is 9.08. The van der Waals surface area contributed by atoms with Crippen LogP contribution in [0.15, 0.2) is 22.2 Å². The zero-order chi connectivity index (χ0) is 17.3. The van der Waals surface area contributed by atoms with Gasteiger partial charge in [0.15, 0.2) is 0 Å². The molecule has 1 unspecified atom stereocenters. The average Bonchev–Trinajstić information content (AvgIpc) is 2.70. The quantitative estimate of drug-likeness (QED) is 0.798. The van der Waals surface area contributed by atoms with Crippen molar-refractivity contribution in [3.8, 4) is 0 Å². The van der Waals surface area contributed by atoms with Gasteiger partial charge in [-0.15, -0.1) is 0 Å². The first-order valence-corrected chi connectivity index (χ1v) is 9.87. The SMILES string of the molecule is CC(=O)N=[Se]1c2c(C(=O)NC(C)C)cccc2C(=O)N1C(C)C. The fraction of sp³-hybridized carbons (Fsp3) is 0.438. The average molecular weight is 382 g/mol. The fourth-order valence-corrected chi connectivity index (χ4v) is 6.52. The Morgan fingerprint density at radius 3 is 2.39 bits per heavy atom. The number of fused-ring (bicyclic) bond motifs is 1. The number of nitrogens with zero attached hydrogens (tertiary/aromatic N) is 2. The molecule has 0 fully saturated rings. The zero-order valence-corrected chi connectivity index (χ0v) is 15.6. The van der Waals surface area contributed by atoms with Gasteiger partial charge in [0.25, 0.3) is 0 Å². The van der Waals surface area contributed by atoms with Crippen molar-refractivity contribution in [1.29, 1.82) is 0 Å². The number of amides is 3. The molecule has 23 heavy (non-hydrogen) atoms. The molecule has 124 valence electrons. The number of rotatable bonds is 3. The van der Waals surface area contributed by atoms with Gasteiger partial charge in [0, 0.05) is 0 Å². The van der Waals surface area contributed by atoms with Crippen LogP contribution in [0.1, 0.15) is 55.3 Å². The molecule has 3 amide bonds. The maximum atomic E-state index is 12.7. The number of hydrogen-bond acceptors (Lipinski definition) is 3. The second-order valence-electron chi connectivity index (χ2n) is 5.91. The van der Waals surface area contributed by atoms with Crippen molar-refractivity contribution in [3.05, 3.63) is 29.3 Å². The third-order valence-corrected chi connectivity index (χ3v) is 7.77. The van der Waals surface area contributed by atoms with Gasteiger partial charge in [-0.2, -0.15) is 0 Å². The van der Waals surface area contributed by atoms with Crippen molar-refractivity contribution in [2.45, 2.75) is 46.7 Å². The van der Waals surface area contributed by atoms with Crippen molar-refractivity contribution in [2.75, 3.05) is 0 Å². The molecule has 0 saturated carbocycles. The minimum atomic E-state index is -2.24. The summed E-state index contributed by atoms with van der Waals surface area (Å²) in [5.74, 6) is -0.702. The standard InChI is InChI=1S/C16H21N3O3Se/c1-9(2)17-15(21)12-7-6-8-13-14(12)23(18-11(5)20)19(10(3)4)16(13)22/h6-10H,1-5H3,(H,17,21). The van der Waals surface area contributed by atoms with Crippen LogP contribution in [0.4, 0.5) is 0 Å². The Kier molecular flexibility index (Phi) is 5.12. The monoisotopic (exact) mass is 383 g/mol. The summed E-state index contributed by atoms with van der Waals surface area (Å²) < 4.78 is 6.51. The molecule has 6 nitrogen and oxygen atoms in total. The molecule has 0 radical (unpaired) electrons. The number of benzene rings is 1. The van der Waals surface area contributed by atoms with Crippen molar-refractivity contribution in [2.24, 2.45) is 3.96 Å². The van der Waals surface area contributed by atoms with Crippen molar-refractivity contribution in [1.82, 2.24) is 9.23 Å². The van der Waals surface area contributed by atoms with Gasteiger partial charge in [-0.1, -0.05) is 0 Å². The van der Waals surface area contributed by atoms with E-state index < -0.39 is 13.9 Å². The molecule has 1 aromatic rings. The Bertz CT molecular complexity index is 711. The van der Waals surface area contributed by atoms with E-state index in [9.17, 15) is 14.4 Å². The van der Waals surface area contributed by atoms with Crippen molar-refractivity contribution < 1.29 is 14.4 Å². The molecule has 1 aliphatic heterocycles. The Labute approximate surface area is 140 Å². The van der Waals surface area contributed by atoms with Crippen LogP contribution in [0.5, 0.6) is 0 Å². The molecule has 1 N–H and O–H groups in total. The van der Waals surface area contributed by atoms with E-state index in [1.807, 2.05) is 27.7 Å². The van der Waals surface area contributed by atoms with Crippen LogP contribution in [0, 0.1) is 0 Å². The van der Waals surface area contributed by atoms with Gasteiger partial charge in [-0.3, -0.25) is 0 Å². The molecule has 1 aliphatic rings. The molecular formula is C16H21N3O3Se. The first kappa shape index (κ1) is 17.5. The molecule has 2 rings (SSSR count). The molecule has 1 heterocycles. The van der Waals surface area contributed by atoms with E-state index in [1.54, 1.807) is 22.1 Å². The van der Waals surface area contributed by atoms with E-state index >= 15 is 0 Å². The summed E-state index contributed by atoms with van der Waals surface area (Å²) >= 11 is -2.24. The summed E-state index contributed by atoms with van der Waals surface area (Å²) in [7, 11) is 0. The van der Waals surface area contributed by atoms with Crippen LogP contribution in [-0.4, -0.2) is 47.6 Å². The van der Waals surface area contributed by atoms with Gasteiger partial charge in [-0.25, -0.2) is 0 Å². The van der Waals surface area contributed by atoms with Crippen LogP contribution in [0.25, 0.3) is 0 Å². The minimum absolute atomic E-state index is 0.0140. The van der Waals surface area contributed by atoms with Crippen LogP contribution >= 0.6 is 0 Å². The number of hydrogen-bond donors (Lipinski definition) is 1. The van der Waals surface area contributed by atoms with E-state index in [2.05, 4.69) is 9.28 Å². The molecule has 0 spiro atoms. The van der Waals surface area contributed by atoms with Crippen LogP contribution in [0.3, 0.4) is 0 Å². The molecule has 7 heteroatoms. The third-order valence-electron chi connectivity index (χ3n) is 3.16. The Balaban J connectivity index is 2.66. The van der Waals surface area contributed by atoms with Gasteiger partial charge in [0.2, 0.25) is 0 Å². The molecule has 1 aromatic carbocycles. The summed E-state index contributed by atoms with van der Waals surface area (Å²) in [4.78, 5) is 36.7. The predicted molar refractivity (Wildman–Crippen MR) is 88.8 cm³/mol. The third kappa shape index (κ3) is 3.41. The molecule has 0 saturated heterocycles. The molecule has 0 aromatic heterocycles. The second kappa shape index (κ2) is 6.72. The summed E-state index contributed by atoms with van der Waals surface area (Å²) in [5.41, 5.74) is 0.938. The maximum absolute atomic E-state index is 12.7. The molecule has 0 aliphatic carbocycles. The topological polar surface area (TPSA) is 78.8 Å².